The van der Waals surface area contributed by atoms with Gasteiger partial charge in [0.15, 0.2) is 0 Å². The molecule has 0 bridgehead atoms. The fourth-order valence-electron chi connectivity index (χ4n) is 5.79. The topological polar surface area (TPSA) is 61.5 Å². The number of methoxy groups -OCH3 is 2. The highest BCUT2D eigenvalue weighted by Crippen LogP contribution is 2.33. The Balaban J connectivity index is 1.30. The van der Waals surface area contributed by atoms with E-state index in [4.69, 9.17) is 9.47 Å². The molecule has 0 saturated carbocycles. The zero-order chi connectivity index (χ0) is 31.3. The highest BCUT2D eigenvalue weighted by molar-refractivity contribution is 6.06. The predicted octanol–water partition coefficient (Wildman–Crippen LogP) is 7.30. The van der Waals surface area contributed by atoms with E-state index in [2.05, 4.69) is 87.0 Å². The van der Waals surface area contributed by atoms with Crippen molar-refractivity contribution in [3.63, 3.8) is 0 Å². The van der Waals surface area contributed by atoms with Crippen molar-refractivity contribution in [3.8, 4) is 28.0 Å². The first kappa shape index (κ1) is 29.9. The van der Waals surface area contributed by atoms with E-state index in [1.165, 1.54) is 5.56 Å². The van der Waals surface area contributed by atoms with Crippen LogP contribution in [0.4, 0.5) is 0 Å². The van der Waals surface area contributed by atoms with E-state index in [-0.39, 0.29) is 5.91 Å². The van der Waals surface area contributed by atoms with Crippen molar-refractivity contribution in [3.05, 3.63) is 132 Å². The Morgan fingerprint density at radius 3 is 2.27 bits per heavy atom. The third-order valence-corrected chi connectivity index (χ3v) is 8.39. The molecule has 228 valence electrons. The summed E-state index contributed by atoms with van der Waals surface area (Å²) in [6.45, 7) is 4.31. The lowest BCUT2D eigenvalue weighted by molar-refractivity contribution is 0.0745. The average Bonchev–Trinajstić information content (AvgIpc) is 3.66. The lowest BCUT2D eigenvalue weighted by atomic mass is 9.97. The second kappa shape index (κ2) is 13.2. The van der Waals surface area contributed by atoms with Crippen molar-refractivity contribution in [2.24, 2.45) is 0 Å². The lowest BCUT2D eigenvalue weighted by Gasteiger charge is -2.17. The van der Waals surface area contributed by atoms with Crippen molar-refractivity contribution in [1.82, 2.24) is 19.0 Å². The average molecular weight is 599 g/mol. The van der Waals surface area contributed by atoms with E-state index in [1.807, 2.05) is 50.8 Å². The molecule has 1 amide bonds. The molecule has 0 aliphatic heterocycles. The van der Waals surface area contributed by atoms with Gasteiger partial charge >= 0.3 is 0 Å². The van der Waals surface area contributed by atoms with Crippen LogP contribution in [0, 0.1) is 6.92 Å². The van der Waals surface area contributed by atoms with Gasteiger partial charge in [0.05, 0.1) is 43.5 Å². The molecule has 4 aromatic carbocycles. The molecule has 7 nitrogen and oxygen atoms in total. The summed E-state index contributed by atoms with van der Waals surface area (Å²) in [4.78, 5) is 20.2. The maximum Gasteiger partial charge on any atom is 0.255 e. The first-order valence-electron chi connectivity index (χ1n) is 15.1. The minimum atomic E-state index is -0.0316. The van der Waals surface area contributed by atoms with Crippen molar-refractivity contribution in [1.29, 1.82) is 0 Å². The number of aromatic nitrogens is 3. The molecule has 45 heavy (non-hydrogen) atoms. The fourth-order valence-corrected chi connectivity index (χ4v) is 5.79. The van der Waals surface area contributed by atoms with E-state index >= 15 is 0 Å². The number of benzene rings is 4. The third kappa shape index (κ3) is 6.40. The van der Waals surface area contributed by atoms with Gasteiger partial charge in [-0.05, 0) is 52.1 Å². The standard InChI is InChI=1S/C38H38N4O3/c1-27-37(42(26-39-27)22-28-12-14-29(15-13-28)30-16-18-32(45-4)19-17-30)25-41-23-35(36(24-41)38(43)40(2)20-21-44-3)34-11-7-9-31-8-5-6-10-33(31)34/h5-19,23-24,26H,20-22,25H2,1-4H3. The van der Waals surface area contributed by atoms with Gasteiger partial charge in [-0.1, -0.05) is 78.9 Å². The van der Waals surface area contributed by atoms with E-state index in [9.17, 15) is 4.79 Å². The summed E-state index contributed by atoms with van der Waals surface area (Å²) in [6.07, 6.45) is 5.98. The van der Waals surface area contributed by atoms with Crippen LogP contribution in [0.2, 0.25) is 0 Å². The van der Waals surface area contributed by atoms with Crippen LogP contribution < -0.4 is 4.74 Å². The summed E-state index contributed by atoms with van der Waals surface area (Å²) < 4.78 is 14.9. The highest BCUT2D eigenvalue weighted by Gasteiger charge is 2.21. The van der Waals surface area contributed by atoms with Gasteiger partial charge in [-0.3, -0.25) is 4.79 Å². The Morgan fingerprint density at radius 2 is 1.53 bits per heavy atom. The molecule has 0 saturated heterocycles. The van der Waals surface area contributed by atoms with E-state index in [1.54, 1.807) is 19.1 Å². The van der Waals surface area contributed by atoms with E-state index < -0.39 is 0 Å². The van der Waals surface area contributed by atoms with Gasteiger partial charge in [-0.25, -0.2) is 4.98 Å². The number of imidazole rings is 1. The largest absolute Gasteiger partial charge is 0.497 e. The summed E-state index contributed by atoms with van der Waals surface area (Å²) in [7, 11) is 5.15. The molecule has 0 atom stereocenters. The quantitative estimate of drug-likeness (QED) is 0.157. The third-order valence-electron chi connectivity index (χ3n) is 8.39. The van der Waals surface area contributed by atoms with E-state index in [0.717, 1.165) is 50.2 Å². The molecule has 0 N–H and O–H groups in total. The van der Waals surface area contributed by atoms with Gasteiger partial charge in [0.1, 0.15) is 5.75 Å². The Bertz CT molecular complexity index is 1910. The van der Waals surface area contributed by atoms with Gasteiger partial charge in [-0.2, -0.15) is 0 Å². The number of carbonyl (C=O) groups is 1. The molecule has 7 heteroatoms. The number of hydrogen-bond donors (Lipinski definition) is 0. The monoisotopic (exact) mass is 598 g/mol. The predicted molar refractivity (Wildman–Crippen MR) is 180 cm³/mol. The Hall–Kier alpha value is -5.14. The molecule has 0 unspecified atom stereocenters. The summed E-state index contributed by atoms with van der Waals surface area (Å²) in [5, 5.41) is 2.26. The number of ether oxygens (including phenoxy) is 2. The van der Waals surface area contributed by atoms with Crippen molar-refractivity contribution < 1.29 is 14.3 Å². The number of likely N-dealkylation sites (N-methyl/N-ethyl adjacent to an activating group) is 1. The van der Waals surface area contributed by atoms with Crippen molar-refractivity contribution >= 4 is 16.7 Å². The minimum Gasteiger partial charge on any atom is -0.497 e. The first-order valence-corrected chi connectivity index (χ1v) is 15.1. The summed E-state index contributed by atoms with van der Waals surface area (Å²) in [5.41, 5.74) is 8.18. The molecular weight excluding hydrogens is 560 g/mol. The smallest absolute Gasteiger partial charge is 0.255 e. The summed E-state index contributed by atoms with van der Waals surface area (Å²) >= 11 is 0. The molecule has 0 spiro atoms. The number of rotatable bonds is 11. The maximum atomic E-state index is 13.8. The highest BCUT2D eigenvalue weighted by atomic mass is 16.5. The normalized spacial score (nSPS) is 11.2. The number of nitrogens with zero attached hydrogens (tertiary/aromatic N) is 4. The molecule has 0 aliphatic carbocycles. The van der Waals surface area contributed by atoms with Gasteiger partial charge in [0.2, 0.25) is 0 Å². The molecule has 0 radical (unpaired) electrons. The minimum absolute atomic E-state index is 0.0316. The molecule has 2 aromatic heterocycles. The number of aryl methyl sites for hydroxylation is 1. The maximum absolute atomic E-state index is 13.8. The molecule has 6 aromatic rings. The van der Waals surface area contributed by atoms with Gasteiger partial charge in [0, 0.05) is 45.2 Å². The van der Waals surface area contributed by atoms with Gasteiger partial charge < -0.3 is 23.5 Å². The van der Waals surface area contributed by atoms with E-state index in [0.29, 0.717) is 31.8 Å². The van der Waals surface area contributed by atoms with Crippen LogP contribution in [0.25, 0.3) is 33.0 Å². The molecule has 0 fully saturated rings. The van der Waals surface area contributed by atoms with Crippen LogP contribution in [0.15, 0.2) is 110 Å². The van der Waals surface area contributed by atoms with Gasteiger partial charge in [0.25, 0.3) is 5.91 Å². The van der Waals surface area contributed by atoms with Crippen molar-refractivity contribution in [2.75, 3.05) is 34.4 Å². The number of fused-ring (bicyclic) bond motifs is 1. The fraction of sp³-hybridized carbons (Fsp3) is 0.211. The lowest BCUT2D eigenvalue weighted by Crippen LogP contribution is -2.30. The molecule has 6 rings (SSSR count). The second-order valence-corrected chi connectivity index (χ2v) is 11.3. The summed E-state index contributed by atoms with van der Waals surface area (Å²) in [6, 6.07) is 31.3. The second-order valence-electron chi connectivity index (χ2n) is 11.3. The molecular formula is C38H38N4O3. The SMILES string of the molecule is COCCN(C)C(=O)c1cn(Cc2c(C)ncn2Cc2ccc(-c3ccc(OC)cc3)cc2)cc1-c1cccc2ccccc12. The van der Waals surface area contributed by atoms with Crippen LogP contribution in [0.1, 0.15) is 27.3 Å². The number of amides is 1. The van der Waals surface area contributed by atoms with Crippen LogP contribution in [0.5, 0.6) is 5.75 Å². The van der Waals surface area contributed by atoms with Crippen LogP contribution >= 0.6 is 0 Å². The Kier molecular flexibility index (Phi) is 8.80. The molecule has 0 aliphatic rings. The van der Waals surface area contributed by atoms with Crippen molar-refractivity contribution in [2.45, 2.75) is 20.0 Å². The number of carbonyl (C=O) groups excluding carboxylic acids is 1. The Labute approximate surface area is 264 Å². The van der Waals surface area contributed by atoms with Gasteiger partial charge in [-0.15, -0.1) is 0 Å². The van der Waals surface area contributed by atoms with Crippen LogP contribution in [-0.2, 0) is 17.8 Å². The zero-order valence-corrected chi connectivity index (χ0v) is 26.2. The Morgan fingerprint density at radius 1 is 0.822 bits per heavy atom. The summed E-state index contributed by atoms with van der Waals surface area (Å²) in [5.74, 6) is 0.816. The number of hydrogen-bond acceptors (Lipinski definition) is 4. The first-order chi connectivity index (χ1) is 21.9. The van der Waals surface area contributed by atoms with Crippen LogP contribution in [0.3, 0.4) is 0 Å². The zero-order valence-electron chi connectivity index (χ0n) is 26.2. The van der Waals surface area contributed by atoms with Crippen LogP contribution in [-0.4, -0.2) is 59.3 Å². The molecule has 2 heterocycles.